The van der Waals surface area contributed by atoms with Crippen LogP contribution in [0.3, 0.4) is 0 Å². The van der Waals surface area contributed by atoms with Gasteiger partial charge >= 0.3 is 0 Å². The molecule has 156 valence electrons. The minimum Gasteiger partial charge on any atom is -0.345 e. The van der Waals surface area contributed by atoms with Crippen LogP contribution in [-0.2, 0) is 10.0 Å². The molecule has 1 atom stereocenters. The van der Waals surface area contributed by atoms with Crippen molar-refractivity contribution in [2.24, 2.45) is 5.92 Å². The fraction of sp³-hybridized carbons (Fsp3) is 0.409. The third kappa shape index (κ3) is 5.00. The van der Waals surface area contributed by atoms with Crippen LogP contribution in [0.25, 0.3) is 0 Å². The standard InChI is InChI=1S/C22H27ClN2O3S/c1-3-21(17-7-5-4-6-8-17)24-22(26)19-15-18(9-10-20(19)23)29(27,28)25-13-11-16(2)12-14-25/h4-10,15-16,21H,3,11-14H2,1-2H3,(H,24,26)/t21-/m1/s1. The molecule has 1 amide bonds. The molecule has 5 nitrogen and oxygen atoms in total. The summed E-state index contributed by atoms with van der Waals surface area (Å²) in [5.41, 5.74) is 1.16. The Hall–Kier alpha value is -1.89. The molecule has 2 aromatic rings. The Balaban J connectivity index is 1.84. The predicted molar refractivity (Wildman–Crippen MR) is 116 cm³/mol. The molecule has 3 rings (SSSR count). The van der Waals surface area contributed by atoms with Crippen LogP contribution < -0.4 is 5.32 Å². The van der Waals surface area contributed by atoms with E-state index in [1.54, 1.807) is 0 Å². The van der Waals surface area contributed by atoms with Gasteiger partial charge in [-0.15, -0.1) is 0 Å². The zero-order chi connectivity index (χ0) is 21.0. The zero-order valence-electron chi connectivity index (χ0n) is 16.8. The molecule has 1 saturated heterocycles. The monoisotopic (exact) mass is 434 g/mol. The van der Waals surface area contributed by atoms with Gasteiger partial charge in [0.1, 0.15) is 0 Å². The molecule has 0 aliphatic carbocycles. The van der Waals surface area contributed by atoms with Gasteiger partial charge < -0.3 is 5.32 Å². The van der Waals surface area contributed by atoms with E-state index in [4.69, 9.17) is 11.6 Å². The van der Waals surface area contributed by atoms with Gasteiger partial charge in [-0.2, -0.15) is 4.31 Å². The van der Waals surface area contributed by atoms with Crippen LogP contribution >= 0.6 is 11.6 Å². The quantitative estimate of drug-likeness (QED) is 0.720. The number of nitrogens with zero attached hydrogens (tertiary/aromatic N) is 1. The number of piperidine rings is 1. The number of rotatable bonds is 6. The Morgan fingerprint density at radius 3 is 2.45 bits per heavy atom. The van der Waals surface area contributed by atoms with Gasteiger partial charge in [-0.25, -0.2) is 8.42 Å². The first-order chi connectivity index (χ1) is 13.8. The lowest BCUT2D eigenvalue weighted by Gasteiger charge is -2.29. The molecule has 0 radical (unpaired) electrons. The first-order valence-electron chi connectivity index (χ1n) is 9.98. The summed E-state index contributed by atoms with van der Waals surface area (Å²) in [6.07, 6.45) is 2.39. The molecule has 0 unspecified atom stereocenters. The third-order valence-electron chi connectivity index (χ3n) is 5.48. The molecule has 0 spiro atoms. The number of sulfonamides is 1. The first-order valence-corrected chi connectivity index (χ1v) is 11.8. The maximum atomic E-state index is 13.0. The summed E-state index contributed by atoms with van der Waals surface area (Å²) in [5, 5.41) is 3.21. The highest BCUT2D eigenvalue weighted by atomic mass is 35.5. The second-order valence-electron chi connectivity index (χ2n) is 7.57. The van der Waals surface area contributed by atoms with Crippen molar-refractivity contribution >= 4 is 27.5 Å². The van der Waals surface area contributed by atoms with Crippen molar-refractivity contribution in [1.29, 1.82) is 0 Å². The van der Waals surface area contributed by atoms with Crippen LogP contribution in [0.1, 0.15) is 55.1 Å². The van der Waals surface area contributed by atoms with Crippen LogP contribution in [0, 0.1) is 5.92 Å². The molecule has 1 fully saturated rings. The number of carbonyl (C=O) groups is 1. The molecule has 0 bridgehead atoms. The highest BCUT2D eigenvalue weighted by molar-refractivity contribution is 7.89. The predicted octanol–water partition coefficient (Wildman–Crippen LogP) is 4.64. The molecule has 1 aliphatic heterocycles. The summed E-state index contributed by atoms with van der Waals surface area (Å²) < 4.78 is 27.6. The Morgan fingerprint density at radius 2 is 1.83 bits per heavy atom. The van der Waals surface area contributed by atoms with Crippen LogP contribution in [0.4, 0.5) is 0 Å². The number of hydrogen-bond acceptors (Lipinski definition) is 3. The van der Waals surface area contributed by atoms with Gasteiger partial charge in [0.05, 0.1) is 21.5 Å². The maximum absolute atomic E-state index is 13.0. The molecular weight excluding hydrogens is 408 g/mol. The zero-order valence-corrected chi connectivity index (χ0v) is 18.3. The summed E-state index contributed by atoms with van der Waals surface area (Å²) in [6.45, 7) is 5.11. The number of amides is 1. The third-order valence-corrected chi connectivity index (χ3v) is 7.70. The molecule has 0 aromatic heterocycles. The Morgan fingerprint density at radius 1 is 1.17 bits per heavy atom. The number of benzene rings is 2. The van der Waals surface area contributed by atoms with Gasteiger partial charge in [0, 0.05) is 13.1 Å². The smallest absolute Gasteiger partial charge is 0.253 e. The summed E-state index contributed by atoms with van der Waals surface area (Å²) >= 11 is 6.25. The minimum atomic E-state index is -3.65. The Kier molecular flexibility index (Phi) is 6.98. The van der Waals surface area contributed by atoms with Crippen molar-refractivity contribution in [2.45, 2.75) is 44.0 Å². The number of carbonyl (C=O) groups excluding carboxylic acids is 1. The summed E-state index contributed by atoms with van der Waals surface area (Å²) in [4.78, 5) is 13.0. The molecule has 2 aromatic carbocycles. The highest BCUT2D eigenvalue weighted by Gasteiger charge is 2.29. The normalized spacial score (nSPS) is 17.1. The lowest BCUT2D eigenvalue weighted by molar-refractivity contribution is 0.0935. The summed E-state index contributed by atoms with van der Waals surface area (Å²) in [5.74, 6) is 0.145. The van der Waals surface area contributed by atoms with Crippen molar-refractivity contribution in [1.82, 2.24) is 9.62 Å². The molecule has 0 saturated carbocycles. The number of nitrogens with one attached hydrogen (secondary N) is 1. The van der Waals surface area contributed by atoms with Crippen LogP contribution in [0.2, 0.25) is 5.02 Å². The van der Waals surface area contributed by atoms with Crippen LogP contribution in [-0.4, -0.2) is 31.7 Å². The molecule has 1 N–H and O–H groups in total. The summed E-state index contributed by atoms with van der Waals surface area (Å²) in [6, 6.07) is 13.8. The molecule has 1 aliphatic rings. The first kappa shape index (κ1) is 21.8. The van der Waals surface area contributed by atoms with Gasteiger partial charge in [0.2, 0.25) is 10.0 Å². The molecule has 1 heterocycles. The largest absolute Gasteiger partial charge is 0.345 e. The average molecular weight is 435 g/mol. The van der Waals surface area contributed by atoms with E-state index in [0.29, 0.717) is 25.4 Å². The van der Waals surface area contributed by atoms with Gasteiger partial charge in [-0.1, -0.05) is 55.8 Å². The number of hydrogen-bond donors (Lipinski definition) is 1. The molecular formula is C22H27ClN2O3S. The van der Waals surface area contributed by atoms with E-state index in [2.05, 4.69) is 12.2 Å². The van der Waals surface area contributed by atoms with E-state index in [-0.39, 0.29) is 27.4 Å². The van der Waals surface area contributed by atoms with Gasteiger partial charge in [-0.05, 0) is 48.9 Å². The average Bonchev–Trinajstić information content (AvgIpc) is 2.73. The van der Waals surface area contributed by atoms with Crippen LogP contribution in [0.5, 0.6) is 0 Å². The van der Waals surface area contributed by atoms with Crippen molar-refractivity contribution < 1.29 is 13.2 Å². The lowest BCUT2D eigenvalue weighted by atomic mass is 10.0. The Bertz CT molecular complexity index is 955. The molecule has 7 heteroatoms. The molecule has 29 heavy (non-hydrogen) atoms. The highest BCUT2D eigenvalue weighted by Crippen LogP contribution is 2.27. The second-order valence-corrected chi connectivity index (χ2v) is 9.92. The SMILES string of the molecule is CC[C@@H](NC(=O)c1cc(S(=O)(=O)N2CCC(C)CC2)ccc1Cl)c1ccccc1. The van der Waals surface area contributed by atoms with Crippen molar-refractivity contribution in [2.75, 3.05) is 13.1 Å². The van der Waals surface area contributed by atoms with Crippen molar-refractivity contribution in [3.63, 3.8) is 0 Å². The van der Waals surface area contributed by atoms with E-state index < -0.39 is 10.0 Å². The van der Waals surface area contributed by atoms with Gasteiger partial charge in [0.15, 0.2) is 0 Å². The minimum absolute atomic E-state index is 0.106. The second kappa shape index (κ2) is 9.28. The van der Waals surface area contributed by atoms with Gasteiger partial charge in [-0.3, -0.25) is 4.79 Å². The van der Waals surface area contributed by atoms with E-state index in [1.165, 1.54) is 22.5 Å². The van der Waals surface area contributed by atoms with Gasteiger partial charge in [0.25, 0.3) is 5.91 Å². The van der Waals surface area contributed by atoms with Crippen molar-refractivity contribution in [3.05, 3.63) is 64.7 Å². The fourth-order valence-corrected chi connectivity index (χ4v) is 5.26. The topological polar surface area (TPSA) is 66.5 Å². The van der Waals surface area contributed by atoms with E-state index in [0.717, 1.165) is 18.4 Å². The lowest BCUT2D eigenvalue weighted by Crippen LogP contribution is -2.38. The Labute approximate surface area is 178 Å². The summed E-state index contributed by atoms with van der Waals surface area (Å²) in [7, 11) is -3.65. The maximum Gasteiger partial charge on any atom is 0.253 e. The van der Waals surface area contributed by atoms with E-state index >= 15 is 0 Å². The van der Waals surface area contributed by atoms with Crippen LogP contribution in [0.15, 0.2) is 53.4 Å². The fourth-order valence-electron chi connectivity index (χ4n) is 3.56. The van der Waals surface area contributed by atoms with E-state index in [9.17, 15) is 13.2 Å². The number of halogens is 1. The van der Waals surface area contributed by atoms with E-state index in [1.807, 2.05) is 37.3 Å². The van der Waals surface area contributed by atoms with Crippen molar-refractivity contribution in [3.8, 4) is 0 Å².